The molecule has 0 aliphatic heterocycles. The molecule has 10 nitrogen and oxygen atoms in total. The maximum atomic E-state index is 13.7. The quantitative estimate of drug-likeness (QED) is 0.438. The van der Waals surface area contributed by atoms with Gasteiger partial charge in [-0.3, -0.25) is 13.9 Å². The first-order valence-electron chi connectivity index (χ1n) is 11.3. The van der Waals surface area contributed by atoms with Crippen molar-refractivity contribution in [3.8, 4) is 0 Å². The molecular weight excluding hydrogens is 553 g/mol. The standard InChI is InChI=1S/C23H22ClF3N4O6S/c1-29-19-18(20(33)30(22(29)34)10-3-11-32)31(13-14-6-8-15(24)9-7-14)21(28-19)38(35,36)17-5-2-4-16(12-17)37-23(25,26)27/h2,4,6-9,12,17,32H,3,5,10-11,13H2,1H3. The normalized spacial score (nSPS) is 16.2. The van der Waals surface area contributed by atoms with E-state index in [1.807, 2.05) is 0 Å². The van der Waals surface area contributed by atoms with Crippen molar-refractivity contribution in [1.29, 1.82) is 0 Å². The van der Waals surface area contributed by atoms with E-state index in [0.717, 1.165) is 25.9 Å². The summed E-state index contributed by atoms with van der Waals surface area (Å²) in [4.78, 5) is 30.4. The van der Waals surface area contributed by atoms with E-state index in [2.05, 4.69) is 9.72 Å². The van der Waals surface area contributed by atoms with Crippen molar-refractivity contribution in [2.24, 2.45) is 7.05 Å². The van der Waals surface area contributed by atoms with Crippen LogP contribution in [-0.4, -0.2) is 50.4 Å². The van der Waals surface area contributed by atoms with Gasteiger partial charge < -0.3 is 14.4 Å². The number of hydrogen-bond acceptors (Lipinski definition) is 7. The van der Waals surface area contributed by atoms with Gasteiger partial charge in [0.05, 0.1) is 11.8 Å². The van der Waals surface area contributed by atoms with E-state index in [-0.39, 0.29) is 43.7 Å². The van der Waals surface area contributed by atoms with E-state index < -0.39 is 43.6 Å². The van der Waals surface area contributed by atoms with Gasteiger partial charge in [-0.2, -0.15) is 4.98 Å². The average Bonchev–Trinajstić information content (AvgIpc) is 3.23. The summed E-state index contributed by atoms with van der Waals surface area (Å²) >= 11 is 5.95. The maximum absolute atomic E-state index is 13.7. The van der Waals surface area contributed by atoms with Gasteiger partial charge in [0.2, 0.25) is 15.0 Å². The second-order valence-electron chi connectivity index (χ2n) is 8.49. The Hall–Kier alpha value is -3.36. The second-order valence-corrected chi connectivity index (χ2v) is 11.0. The molecule has 1 aliphatic carbocycles. The molecule has 2 aromatic heterocycles. The number of nitrogens with zero attached hydrogens (tertiary/aromatic N) is 4. The van der Waals surface area contributed by atoms with Crippen LogP contribution in [0.2, 0.25) is 5.02 Å². The third kappa shape index (κ3) is 5.42. The van der Waals surface area contributed by atoms with E-state index in [0.29, 0.717) is 10.6 Å². The van der Waals surface area contributed by atoms with Crippen molar-refractivity contribution in [2.75, 3.05) is 6.61 Å². The molecule has 0 fully saturated rings. The molecule has 4 rings (SSSR count). The molecule has 1 aliphatic rings. The molecular formula is C23H22ClF3N4O6S. The predicted molar refractivity (Wildman–Crippen MR) is 131 cm³/mol. The number of fused-ring (bicyclic) bond motifs is 1. The lowest BCUT2D eigenvalue weighted by molar-refractivity contribution is -0.303. The van der Waals surface area contributed by atoms with E-state index in [1.54, 1.807) is 24.3 Å². The summed E-state index contributed by atoms with van der Waals surface area (Å²) in [6.07, 6.45) is -2.03. The maximum Gasteiger partial charge on any atom is 0.573 e. The Balaban J connectivity index is 1.95. The number of alkyl halides is 3. The zero-order chi connectivity index (χ0) is 27.8. The number of rotatable bonds is 8. The molecule has 38 heavy (non-hydrogen) atoms. The Morgan fingerprint density at radius 2 is 1.87 bits per heavy atom. The van der Waals surface area contributed by atoms with Crippen LogP contribution in [0.25, 0.3) is 11.2 Å². The van der Waals surface area contributed by atoms with Crippen molar-refractivity contribution < 1.29 is 31.4 Å². The van der Waals surface area contributed by atoms with E-state index in [4.69, 9.17) is 11.6 Å². The van der Waals surface area contributed by atoms with Crippen LogP contribution in [-0.2, 0) is 34.7 Å². The van der Waals surface area contributed by atoms with Crippen LogP contribution in [0.1, 0.15) is 18.4 Å². The van der Waals surface area contributed by atoms with Gasteiger partial charge in [-0.15, -0.1) is 13.2 Å². The van der Waals surface area contributed by atoms with Gasteiger partial charge in [-0.1, -0.05) is 29.8 Å². The molecule has 1 N–H and O–H groups in total. The number of aliphatic hydroxyl groups is 1. The zero-order valence-electron chi connectivity index (χ0n) is 19.9. The third-order valence-electron chi connectivity index (χ3n) is 5.88. The SMILES string of the molecule is Cn1c(=O)n(CCCO)c(=O)c2c1nc(S(=O)(=O)C1C=C(OC(F)(F)F)C=CC1)n2Cc1ccc(Cl)cc1. The van der Waals surface area contributed by atoms with Gasteiger partial charge in [0, 0.05) is 25.2 Å². The Bertz CT molecular complexity index is 1650. The van der Waals surface area contributed by atoms with Crippen molar-refractivity contribution in [1.82, 2.24) is 18.7 Å². The highest BCUT2D eigenvalue weighted by Gasteiger charge is 2.37. The van der Waals surface area contributed by atoms with Crippen LogP contribution in [0, 0.1) is 0 Å². The number of imidazole rings is 1. The smallest absolute Gasteiger partial charge is 0.406 e. The van der Waals surface area contributed by atoms with Gasteiger partial charge >= 0.3 is 12.1 Å². The summed E-state index contributed by atoms with van der Waals surface area (Å²) in [5, 5.41) is 7.52. The second kappa shape index (κ2) is 10.4. The largest absolute Gasteiger partial charge is 0.573 e. The molecule has 3 aromatic rings. The van der Waals surface area contributed by atoms with E-state index in [9.17, 15) is 36.3 Å². The highest BCUT2D eigenvalue weighted by molar-refractivity contribution is 7.92. The van der Waals surface area contributed by atoms with Crippen LogP contribution in [0.5, 0.6) is 0 Å². The fourth-order valence-corrected chi connectivity index (χ4v) is 5.84. The highest BCUT2D eigenvalue weighted by Crippen LogP contribution is 2.29. The summed E-state index contributed by atoms with van der Waals surface area (Å²) in [5.74, 6) is -0.698. The number of sulfone groups is 1. The van der Waals surface area contributed by atoms with E-state index >= 15 is 0 Å². The highest BCUT2D eigenvalue weighted by atomic mass is 35.5. The van der Waals surface area contributed by atoms with Crippen molar-refractivity contribution in [3.63, 3.8) is 0 Å². The lowest BCUT2D eigenvalue weighted by atomic mass is 10.2. The number of aromatic nitrogens is 4. The zero-order valence-corrected chi connectivity index (χ0v) is 21.4. The Kier molecular flexibility index (Phi) is 7.59. The minimum Gasteiger partial charge on any atom is -0.406 e. The first-order chi connectivity index (χ1) is 17.8. The Morgan fingerprint density at radius 1 is 1.18 bits per heavy atom. The minimum atomic E-state index is -5.03. The van der Waals surface area contributed by atoms with Crippen LogP contribution in [0.15, 0.2) is 63.0 Å². The summed E-state index contributed by atoms with van der Waals surface area (Å²) in [6, 6.07) is 6.34. The molecule has 0 amide bonds. The van der Waals surface area contributed by atoms with Gasteiger partial charge in [-0.05, 0) is 42.7 Å². The van der Waals surface area contributed by atoms with Crippen LogP contribution >= 0.6 is 11.6 Å². The van der Waals surface area contributed by atoms with Crippen molar-refractivity contribution in [3.05, 3.63) is 79.7 Å². The van der Waals surface area contributed by atoms with Crippen molar-refractivity contribution in [2.45, 2.75) is 42.7 Å². The number of halogens is 4. The molecule has 2 heterocycles. The number of ether oxygens (including phenoxy) is 1. The molecule has 0 bridgehead atoms. The monoisotopic (exact) mass is 574 g/mol. The molecule has 1 aromatic carbocycles. The number of benzene rings is 1. The first-order valence-corrected chi connectivity index (χ1v) is 13.2. The number of hydrogen-bond donors (Lipinski definition) is 1. The topological polar surface area (TPSA) is 125 Å². The molecule has 204 valence electrons. The summed E-state index contributed by atoms with van der Waals surface area (Å²) in [7, 11) is -3.19. The van der Waals surface area contributed by atoms with Gasteiger partial charge in [0.15, 0.2) is 11.2 Å². The summed E-state index contributed by atoms with van der Waals surface area (Å²) in [5.41, 5.74) is -1.45. The van der Waals surface area contributed by atoms with Gasteiger partial charge in [0.1, 0.15) is 5.76 Å². The van der Waals surface area contributed by atoms with Gasteiger partial charge in [0.25, 0.3) is 5.56 Å². The van der Waals surface area contributed by atoms with Crippen LogP contribution < -0.4 is 11.2 Å². The molecule has 0 spiro atoms. The Morgan fingerprint density at radius 3 is 2.50 bits per heavy atom. The minimum absolute atomic E-state index is 0.0956. The number of aliphatic hydroxyl groups excluding tert-OH is 1. The fraction of sp³-hybridized carbons (Fsp3) is 0.348. The molecule has 0 saturated carbocycles. The van der Waals surface area contributed by atoms with Crippen LogP contribution in [0.3, 0.4) is 0 Å². The van der Waals surface area contributed by atoms with Crippen molar-refractivity contribution >= 4 is 32.6 Å². The summed E-state index contributed by atoms with van der Waals surface area (Å²) < 4.78 is 72.7. The summed E-state index contributed by atoms with van der Waals surface area (Å²) in [6.45, 7) is -0.588. The predicted octanol–water partition coefficient (Wildman–Crippen LogP) is 2.50. The number of allylic oxidation sites excluding steroid dienone is 2. The lowest BCUT2D eigenvalue weighted by Crippen LogP contribution is -2.40. The molecule has 1 unspecified atom stereocenters. The lowest BCUT2D eigenvalue weighted by Gasteiger charge is -2.19. The van der Waals surface area contributed by atoms with E-state index in [1.165, 1.54) is 13.1 Å². The molecule has 0 radical (unpaired) electrons. The fourth-order valence-electron chi connectivity index (χ4n) is 4.09. The third-order valence-corrected chi connectivity index (χ3v) is 8.08. The molecule has 15 heteroatoms. The average molecular weight is 575 g/mol. The molecule has 1 atom stereocenters. The Labute approximate surface area is 218 Å². The molecule has 0 saturated heterocycles. The van der Waals surface area contributed by atoms with Crippen LogP contribution in [0.4, 0.5) is 13.2 Å². The number of aryl methyl sites for hydroxylation is 1. The first kappa shape index (κ1) is 27.7. The van der Waals surface area contributed by atoms with Gasteiger partial charge in [-0.25, -0.2) is 13.2 Å².